The molecule has 0 radical (unpaired) electrons. The molecule has 2 N–H and O–H groups in total. The van der Waals surface area contributed by atoms with Crippen LogP contribution in [0.2, 0.25) is 5.02 Å². The van der Waals surface area contributed by atoms with Gasteiger partial charge in [-0.3, -0.25) is 4.98 Å². The van der Waals surface area contributed by atoms with Gasteiger partial charge in [0.15, 0.2) is 0 Å². The van der Waals surface area contributed by atoms with Crippen LogP contribution in [-0.2, 0) is 0 Å². The Morgan fingerprint density at radius 2 is 1.78 bits per heavy atom. The molecular weight excluding hydrogens is 362 g/mol. The first-order valence-corrected chi connectivity index (χ1v) is 8.65. The maximum absolute atomic E-state index is 6.08. The summed E-state index contributed by atoms with van der Waals surface area (Å²) in [5, 5.41) is 8.09. The second kappa shape index (κ2) is 7.47. The van der Waals surface area contributed by atoms with Crippen molar-refractivity contribution in [1.29, 1.82) is 0 Å². The Morgan fingerprint density at radius 1 is 0.889 bits per heavy atom. The summed E-state index contributed by atoms with van der Waals surface area (Å²) in [6, 6.07) is 17.0. The van der Waals surface area contributed by atoms with E-state index in [1.54, 1.807) is 43.8 Å². The maximum atomic E-state index is 6.08. The molecular formula is C20H16ClN5O. The van der Waals surface area contributed by atoms with Crippen molar-refractivity contribution >= 4 is 45.6 Å². The smallest absolute Gasteiger partial charge is 0.229 e. The topological polar surface area (TPSA) is 72.0 Å². The molecule has 0 spiro atoms. The number of fused-ring (bicyclic) bond motifs is 1. The van der Waals surface area contributed by atoms with Gasteiger partial charge in [-0.15, -0.1) is 0 Å². The third-order valence-electron chi connectivity index (χ3n) is 3.96. The van der Waals surface area contributed by atoms with Gasteiger partial charge in [-0.25, -0.2) is 4.98 Å². The van der Waals surface area contributed by atoms with Gasteiger partial charge in [-0.2, -0.15) is 4.98 Å². The number of halogens is 1. The van der Waals surface area contributed by atoms with E-state index in [9.17, 15) is 0 Å². The predicted octanol–water partition coefficient (Wildman–Crippen LogP) is 5.17. The van der Waals surface area contributed by atoms with Crippen LogP contribution < -0.4 is 15.4 Å². The molecule has 0 aliphatic carbocycles. The second-order valence-electron chi connectivity index (χ2n) is 5.74. The first kappa shape index (κ1) is 17.1. The van der Waals surface area contributed by atoms with Crippen molar-refractivity contribution in [3.05, 3.63) is 72.0 Å². The summed E-state index contributed by atoms with van der Waals surface area (Å²) in [4.78, 5) is 13.2. The summed E-state index contributed by atoms with van der Waals surface area (Å²) in [6.07, 6.45) is 3.44. The first-order valence-electron chi connectivity index (χ1n) is 8.27. The molecule has 2 heterocycles. The third kappa shape index (κ3) is 3.75. The van der Waals surface area contributed by atoms with Crippen molar-refractivity contribution in [2.45, 2.75) is 0 Å². The summed E-state index contributed by atoms with van der Waals surface area (Å²) in [5.74, 6) is 1.72. The van der Waals surface area contributed by atoms with Crippen LogP contribution in [0.5, 0.6) is 5.75 Å². The summed E-state index contributed by atoms with van der Waals surface area (Å²) in [7, 11) is 1.60. The molecule has 4 aromatic rings. The highest BCUT2D eigenvalue weighted by Gasteiger charge is 2.08. The van der Waals surface area contributed by atoms with Gasteiger partial charge in [-0.05, 0) is 36.4 Å². The van der Waals surface area contributed by atoms with E-state index in [4.69, 9.17) is 16.3 Å². The van der Waals surface area contributed by atoms with Gasteiger partial charge in [-0.1, -0.05) is 29.8 Å². The van der Waals surface area contributed by atoms with E-state index in [1.165, 1.54) is 0 Å². The van der Waals surface area contributed by atoms with Crippen LogP contribution in [0.3, 0.4) is 0 Å². The number of aromatic nitrogens is 3. The Labute approximate surface area is 161 Å². The molecule has 0 fully saturated rings. The number of ether oxygens (including phenoxy) is 1. The molecule has 0 unspecified atom stereocenters. The van der Waals surface area contributed by atoms with Crippen LogP contribution in [0.25, 0.3) is 10.9 Å². The van der Waals surface area contributed by atoms with E-state index < -0.39 is 0 Å². The second-order valence-corrected chi connectivity index (χ2v) is 6.18. The number of nitrogens with one attached hydrogen (secondary N) is 2. The van der Waals surface area contributed by atoms with Crippen molar-refractivity contribution in [3.8, 4) is 5.75 Å². The van der Waals surface area contributed by atoms with E-state index in [2.05, 4.69) is 25.6 Å². The Balaban J connectivity index is 1.62. The summed E-state index contributed by atoms with van der Waals surface area (Å²) in [6.45, 7) is 0. The number of pyridine rings is 1. The fourth-order valence-electron chi connectivity index (χ4n) is 2.73. The molecule has 0 aliphatic rings. The summed E-state index contributed by atoms with van der Waals surface area (Å²) in [5.41, 5.74) is 2.44. The van der Waals surface area contributed by atoms with E-state index in [1.807, 2.05) is 30.3 Å². The van der Waals surface area contributed by atoms with Gasteiger partial charge in [0, 0.05) is 22.8 Å². The van der Waals surface area contributed by atoms with Crippen molar-refractivity contribution in [2.24, 2.45) is 0 Å². The minimum absolute atomic E-state index is 0.425. The van der Waals surface area contributed by atoms with E-state index >= 15 is 0 Å². The fraction of sp³-hybridized carbons (Fsp3) is 0.0500. The van der Waals surface area contributed by atoms with Crippen molar-refractivity contribution in [1.82, 2.24) is 15.0 Å². The molecule has 134 valence electrons. The summed E-state index contributed by atoms with van der Waals surface area (Å²) >= 11 is 6.08. The molecule has 0 atom stereocenters. The van der Waals surface area contributed by atoms with Crippen LogP contribution in [0.4, 0.5) is 23.1 Å². The van der Waals surface area contributed by atoms with Gasteiger partial charge < -0.3 is 15.4 Å². The number of anilines is 4. The number of rotatable bonds is 5. The lowest BCUT2D eigenvalue weighted by Crippen LogP contribution is -2.02. The quantitative estimate of drug-likeness (QED) is 0.499. The number of hydrogen-bond donors (Lipinski definition) is 2. The zero-order valence-corrected chi connectivity index (χ0v) is 15.2. The molecule has 4 rings (SSSR count). The number of para-hydroxylation sites is 1. The van der Waals surface area contributed by atoms with Crippen LogP contribution in [0.15, 0.2) is 67.0 Å². The van der Waals surface area contributed by atoms with Crippen molar-refractivity contribution in [2.75, 3.05) is 17.7 Å². The van der Waals surface area contributed by atoms with Crippen molar-refractivity contribution < 1.29 is 4.74 Å². The lowest BCUT2D eigenvalue weighted by atomic mass is 10.2. The van der Waals surface area contributed by atoms with E-state index in [0.717, 1.165) is 16.6 Å². The maximum Gasteiger partial charge on any atom is 0.229 e. The molecule has 0 saturated carbocycles. The van der Waals surface area contributed by atoms with Crippen LogP contribution >= 0.6 is 11.6 Å². The first-order chi connectivity index (χ1) is 13.2. The monoisotopic (exact) mass is 377 g/mol. The van der Waals surface area contributed by atoms with Crippen molar-refractivity contribution in [3.63, 3.8) is 0 Å². The lowest BCUT2D eigenvalue weighted by molar-refractivity contribution is 0.417. The molecule has 0 bridgehead atoms. The highest BCUT2D eigenvalue weighted by molar-refractivity contribution is 6.31. The average Bonchev–Trinajstić information content (AvgIpc) is 2.69. The van der Waals surface area contributed by atoms with Crippen LogP contribution in [-0.4, -0.2) is 22.1 Å². The minimum Gasteiger partial charge on any atom is -0.495 e. The Bertz CT molecular complexity index is 1100. The summed E-state index contributed by atoms with van der Waals surface area (Å²) < 4.78 is 5.35. The van der Waals surface area contributed by atoms with E-state index in [-0.39, 0.29) is 0 Å². The highest BCUT2D eigenvalue weighted by atomic mass is 35.5. The standard InChI is InChI=1S/C20H16ClN5O/c1-27-17-8-7-14(21)12-16(17)25-20-23-11-9-18(26-20)24-15-6-2-4-13-5-3-10-22-19(13)15/h2-12H,1H3,(H2,23,24,25,26). The predicted molar refractivity (Wildman–Crippen MR) is 108 cm³/mol. The molecule has 0 amide bonds. The Kier molecular flexibility index (Phi) is 4.72. The molecule has 2 aromatic heterocycles. The molecule has 27 heavy (non-hydrogen) atoms. The number of methoxy groups -OCH3 is 1. The fourth-order valence-corrected chi connectivity index (χ4v) is 2.90. The zero-order valence-electron chi connectivity index (χ0n) is 14.5. The molecule has 7 heteroatoms. The molecule has 6 nitrogen and oxygen atoms in total. The van der Waals surface area contributed by atoms with Gasteiger partial charge >= 0.3 is 0 Å². The number of hydrogen-bond acceptors (Lipinski definition) is 6. The van der Waals surface area contributed by atoms with Gasteiger partial charge in [0.1, 0.15) is 11.6 Å². The van der Waals surface area contributed by atoms with Gasteiger partial charge in [0.2, 0.25) is 5.95 Å². The Hall–Kier alpha value is -3.38. The largest absolute Gasteiger partial charge is 0.495 e. The molecule has 2 aromatic carbocycles. The van der Waals surface area contributed by atoms with Crippen LogP contribution in [0, 0.1) is 0 Å². The van der Waals surface area contributed by atoms with Crippen LogP contribution in [0.1, 0.15) is 0 Å². The average molecular weight is 378 g/mol. The van der Waals surface area contributed by atoms with Gasteiger partial charge in [0.25, 0.3) is 0 Å². The molecule has 0 saturated heterocycles. The highest BCUT2D eigenvalue weighted by Crippen LogP contribution is 2.30. The third-order valence-corrected chi connectivity index (χ3v) is 4.19. The number of nitrogens with zero attached hydrogens (tertiary/aromatic N) is 3. The minimum atomic E-state index is 0.425. The Morgan fingerprint density at radius 3 is 2.67 bits per heavy atom. The van der Waals surface area contributed by atoms with E-state index in [0.29, 0.717) is 28.2 Å². The SMILES string of the molecule is COc1ccc(Cl)cc1Nc1nccc(Nc2cccc3cccnc23)n1. The van der Waals surface area contributed by atoms with Gasteiger partial charge in [0.05, 0.1) is 24.0 Å². The normalized spacial score (nSPS) is 10.6. The zero-order chi connectivity index (χ0) is 18.6. The molecule has 0 aliphatic heterocycles. The lowest BCUT2D eigenvalue weighted by Gasteiger charge is -2.12. The number of benzene rings is 2.